The molecule has 1 fully saturated rings. The molecular weight excluding hydrogens is 316 g/mol. The minimum Gasteiger partial charge on any atom is -0.493 e. The third kappa shape index (κ3) is 4.36. The van der Waals surface area contributed by atoms with Gasteiger partial charge in [-0.3, -0.25) is 9.59 Å². The standard InChI is InChI=1S/C16H18N2O6/c1-22-14-6-11(8-17)2-3-13(14)24-10-15(19)18-4-5-23-9-12(18)7-16(20)21/h2-3,6,12H,4-5,7,9-10H2,1H3,(H,20,21). The summed E-state index contributed by atoms with van der Waals surface area (Å²) in [5, 5.41) is 17.8. The molecule has 1 amide bonds. The molecule has 1 aliphatic rings. The molecule has 0 aliphatic carbocycles. The van der Waals surface area contributed by atoms with E-state index < -0.39 is 12.0 Å². The predicted octanol–water partition coefficient (Wildman–Crippen LogP) is 0.648. The van der Waals surface area contributed by atoms with Gasteiger partial charge >= 0.3 is 5.97 Å². The van der Waals surface area contributed by atoms with Crippen LogP contribution in [0.3, 0.4) is 0 Å². The fraction of sp³-hybridized carbons (Fsp3) is 0.438. The number of aliphatic carboxylic acids is 1. The van der Waals surface area contributed by atoms with E-state index in [4.69, 9.17) is 24.6 Å². The van der Waals surface area contributed by atoms with Gasteiger partial charge in [-0.15, -0.1) is 0 Å². The van der Waals surface area contributed by atoms with E-state index in [-0.39, 0.29) is 25.5 Å². The Morgan fingerprint density at radius 2 is 2.25 bits per heavy atom. The summed E-state index contributed by atoms with van der Waals surface area (Å²) in [6, 6.07) is 6.11. The van der Waals surface area contributed by atoms with Crippen LogP contribution < -0.4 is 9.47 Å². The number of nitrogens with zero attached hydrogens (tertiary/aromatic N) is 2. The number of carbonyl (C=O) groups excluding carboxylic acids is 1. The first-order chi connectivity index (χ1) is 11.5. The molecule has 0 spiro atoms. The lowest BCUT2D eigenvalue weighted by Crippen LogP contribution is -2.51. The molecule has 128 valence electrons. The van der Waals surface area contributed by atoms with Crippen LogP contribution in [0.15, 0.2) is 18.2 Å². The van der Waals surface area contributed by atoms with Crippen molar-refractivity contribution in [3.8, 4) is 17.6 Å². The van der Waals surface area contributed by atoms with Gasteiger partial charge in [0, 0.05) is 12.6 Å². The van der Waals surface area contributed by atoms with Crippen LogP contribution >= 0.6 is 0 Å². The number of nitriles is 1. The number of hydrogen-bond donors (Lipinski definition) is 1. The van der Waals surface area contributed by atoms with E-state index in [0.29, 0.717) is 30.2 Å². The van der Waals surface area contributed by atoms with Gasteiger partial charge in [-0.05, 0) is 12.1 Å². The van der Waals surface area contributed by atoms with Crippen LogP contribution in [0.25, 0.3) is 0 Å². The van der Waals surface area contributed by atoms with Crippen LogP contribution in [0.4, 0.5) is 0 Å². The summed E-state index contributed by atoms with van der Waals surface area (Å²) >= 11 is 0. The van der Waals surface area contributed by atoms with Crippen molar-refractivity contribution in [3.63, 3.8) is 0 Å². The largest absolute Gasteiger partial charge is 0.493 e. The number of carboxylic acids is 1. The third-order valence-corrected chi connectivity index (χ3v) is 3.60. The lowest BCUT2D eigenvalue weighted by Gasteiger charge is -2.34. The van der Waals surface area contributed by atoms with Crippen LogP contribution in [0.5, 0.6) is 11.5 Å². The Morgan fingerprint density at radius 1 is 1.46 bits per heavy atom. The summed E-state index contributed by atoms with van der Waals surface area (Å²) in [4.78, 5) is 24.7. The summed E-state index contributed by atoms with van der Waals surface area (Å²) in [6.07, 6.45) is -0.175. The maximum Gasteiger partial charge on any atom is 0.305 e. The molecule has 1 saturated heterocycles. The van der Waals surface area contributed by atoms with Crippen molar-refractivity contribution >= 4 is 11.9 Å². The molecule has 1 aromatic rings. The molecule has 1 atom stereocenters. The van der Waals surface area contributed by atoms with Crippen LogP contribution in [0.1, 0.15) is 12.0 Å². The molecule has 1 heterocycles. The van der Waals surface area contributed by atoms with Crippen LogP contribution in [0, 0.1) is 11.3 Å². The van der Waals surface area contributed by atoms with Gasteiger partial charge in [-0.1, -0.05) is 0 Å². The maximum atomic E-state index is 12.3. The highest BCUT2D eigenvalue weighted by atomic mass is 16.5. The van der Waals surface area contributed by atoms with Crippen LogP contribution in [-0.4, -0.2) is 61.4 Å². The van der Waals surface area contributed by atoms with Gasteiger partial charge in [0.25, 0.3) is 5.91 Å². The van der Waals surface area contributed by atoms with E-state index in [1.54, 1.807) is 12.1 Å². The SMILES string of the molecule is COc1cc(C#N)ccc1OCC(=O)N1CCOCC1CC(=O)O. The van der Waals surface area contributed by atoms with Crippen molar-refractivity contribution < 1.29 is 28.9 Å². The molecule has 0 bridgehead atoms. The second-order valence-electron chi connectivity index (χ2n) is 5.18. The van der Waals surface area contributed by atoms with E-state index in [1.807, 2.05) is 6.07 Å². The van der Waals surface area contributed by atoms with Gasteiger partial charge in [0.2, 0.25) is 0 Å². The van der Waals surface area contributed by atoms with Crippen molar-refractivity contribution in [1.82, 2.24) is 4.90 Å². The molecule has 8 heteroatoms. The first kappa shape index (κ1) is 17.6. The fourth-order valence-electron chi connectivity index (χ4n) is 2.43. The van der Waals surface area contributed by atoms with Gasteiger partial charge < -0.3 is 24.2 Å². The number of morpholine rings is 1. The zero-order valence-electron chi connectivity index (χ0n) is 13.2. The summed E-state index contributed by atoms with van der Waals surface area (Å²) in [7, 11) is 1.44. The van der Waals surface area contributed by atoms with Crippen LogP contribution in [0.2, 0.25) is 0 Å². The van der Waals surface area contributed by atoms with Crippen molar-refractivity contribution in [2.45, 2.75) is 12.5 Å². The molecule has 1 unspecified atom stereocenters. The van der Waals surface area contributed by atoms with Gasteiger partial charge in [-0.2, -0.15) is 5.26 Å². The average Bonchev–Trinajstić information content (AvgIpc) is 2.59. The second kappa shape index (κ2) is 8.17. The first-order valence-corrected chi connectivity index (χ1v) is 7.35. The molecule has 0 saturated carbocycles. The van der Waals surface area contributed by atoms with E-state index in [2.05, 4.69) is 0 Å². The van der Waals surface area contributed by atoms with Gasteiger partial charge in [0.05, 0.1) is 44.4 Å². The Labute approximate surface area is 139 Å². The van der Waals surface area contributed by atoms with Gasteiger partial charge in [0.15, 0.2) is 18.1 Å². The molecule has 0 radical (unpaired) electrons. The highest BCUT2D eigenvalue weighted by Gasteiger charge is 2.29. The molecule has 1 aliphatic heterocycles. The monoisotopic (exact) mass is 334 g/mol. The van der Waals surface area contributed by atoms with Gasteiger partial charge in [0.1, 0.15) is 0 Å². The lowest BCUT2D eigenvalue weighted by molar-refractivity contribution is -0.147. The molecule has 8 nitrogen and oxygen atoms in total. The highest BCUT2D eigenvalue weighted by molar-refractivity contribution is 5.79. The normalized spacial score (nSPS) is 17.0. The minimum absolute atomic E-state index is 0.175. The zero-order valence-corrected chi connectivity index (χ0v) is 13.2. The molecule has 0 aromatic heterocycles. The Hall–Kier alpha value is -2.79. The Bertz CT molecular complexity index is 654. The number of ether oxygens (including phenoxy) is 3. The summed E-state index contributed by atoms with van der Waals surface area (Å²) in [5.74, 6) is -0.618. The van der Waals surface area contributed by atoms with Crippen molar-refractivity contribution in [1.29, 1.82) is 5.26 Å². The molecular formula is C16H18N2O6. The number of carbonyl (C=O) groups is 2. The van der Waals surface area contributed by atoms with E-state index in [0.717, 1.165) is 0 Å². The van der Waals surface area contributed by atoms with Crippen molar-refractivity contribution in [2.75, 3.05) is 33.5 Å². The highest BCUT2D eigenvalue weighted by Crippen LogP contribution is 2.28. The first-order valence-electron chi connectivity index (χ1n) is 7.35. The summed E-state index contributed by atoms with van der Waals surface area (Å²) in [5.41, 5.74) is 0.417. The van der Waals surface area contributed by atoms with Crippen LogP contribution in [-0.2, 0) is 14.3 Å². The number of amides is 1. The number of rotatable bonds is 6. The van der Waals surface area contributed by atoms with Crippen molar-refractivity contribution in [3.05, 3.63) is 23.8 Å². The fourth-order valence-corrected chi connectivity index (χ4v) is 2.43. The van der Waals surface area contributed by atoms with Gasteiger partial charge in [-0.25, -0.2) is 0 Å². The third-order valence-electron chi connectivity index (χ3n) is 3.60. The van der Waals surface area contributed by atoms with E-state index >= 15 is 0 Å². The summed E-state index contributed by atoms with van der Waals surface area (Å²) < 4.78 is 15.9. The summed E-state index contributed by atoms with van der Waals surface area (Å²) in [6.45, 7) is 0.628. The number of benzene rings is 1. The average molecular weight is 334 g/mol. The quantitative estimate of drug-likeness (QED) is 0.813. The smallest absolute Gasteiger partial charge is 0.305 e. The lowest BCUT2D eigenvalue weighted by atomic mass is 10.1. The Kier molecular flexibility index (Phi) is 5.98. The molecule has 1 aromatic carbocycles. The molecule has 24 heavy (non-hydrogen) atoms. The zero-order chi connectivity index (χ0) is 17.5. The number of hydrogen-bond acceptors (Lipinski definition) is 6. The topological polar surface area (TPSA) is 109 Å². The van der Waals surface area contributed by atoms with E-state index in [9.17, 15) is 9.59 Å². The maximum absolute atomic E-state index is 12.3. The number of methoxy groups -OCH3 is 1. The Balaban J connectivity index is 2.01. The van der Waals surface area contributed by atoms with E-state index in [1.165, 1.54) is 18.1 Å². The second-order valence-corrected chi connectivity index (χ2v) is 5.18. The Morgan fingerprint density at radius 3 is 2.92 bits per heavy atom. The predicted molar refractivity (Wildman–Crippen MR) is 81.8 cm³/mol. The number of carboxylic acid groups (broad SMARTS) is 1. The molecule has 2 rings (SSSR count). The van der Waals surface area contributed by atoms with Crippen molar-refractivity contribution in [2.24, 2.45) is 0 Å². The minimum atomic E-state index is -0.988. The molecule has 1 N–H and O–H groups in total.